The van der Waals surface area contributed by atoms with Crippen LogP contribution in [-0.2, 0) is 20.9 Å². The highest BCUT2D eigenvalue weighted by Crippen LogP contribution is 2.34. The fourth-order valence-corrected chi connectivity index (χ4v) is 3.98. The molecule has 1 amide bonds. The molecule has 1 unspecified atom stereocenters. The summed E-state index contributed by atoms with van der Waals surface area (Å²) in [7, 11) is -3.77. The maximum Gasteiger partial charge on any atom is 0.418 e. The summed E-state index contributed by atoms with van der Waals surface area (Å²) >= 11 is 0. The lowest BCUT2D eigenvalue weighted by molar-refractivity contribution is -0.137. The second kappa shape index (κ2) is 9.02. The molecule has 0 aliphatic carbocycles. The van der Waals surface area contributed by atoms with E-state index in [1.54, 1.807) is 0 Å². The van der Waals surface area contributed by atoms with Gasteiger partial charge in [-0.05, 0) is 49.2 Å². The number of hydrogen-bond acceptors (Lipinski definition) is 5. The number of nitrogens with one attached hydrogen (secondary N) is 3. The van der Waals surface area contributed by atoms with E-state index < -0.39 is 27.7 Å². The van der Waals surface area contributed by atoms with Crippen LogP contribution in [0.2, 0.25) is 0 Å². The van der Waals surface area contributed by atoms with Crippen LogP contribution in [0.3, 0.4) is 0 Å². The summed E-state index contributed by atoms with van der Waals surface area (Å²) in [5.41, 5.74) is 3.27. The summed E-state index contributed by atoms with van der Waals surface area (Å²) in [6.45, 7) is 0.769. The van der Waals surface area contributed by atoms with Gasteiger partial charge in [0.1, 0.15) is 0 Å². The first kappa shape index (κ1) is 22.1. The van der Waals surface area contributed by atoms with E-state index in [2.05, 4.69) is 15.6 Å². The van der Waals surface area contributed by atoms with Crippen molar-refractivity contribution in [1.82, 2.24) is 10.1 Å². The Hall–Kier alpha value is -2.63. The fourth-order valence-electron chi connectivity index (χ4n) is 2.91. The highest BCUT2D eigenvalue weighted by molar-refractivity contribution is 7.89. The minimum atomic E-state index is -4.58. The van der Waals surface area contributed by atoms with Gasteiger partial charge in [0.25, 0.3) is 5.91 Å². The van der Waals surface area contributed by atoms with Crippen molar-refractivity contribution in [2.45, 2.75) is 30.0 Å². The van der Waals surface area contributed by atoms with Crippen LogP contribution in [0, 0.1) is 0 Å². The Morgan fingerprint density at radius 3 is 2.43 bits per heavy atom. The number of anilines is 1. The van der Waals surface area contributed by atoms with Crippen LogP contribution >= 0.6 is 0 Å². The van der Waals surface area contributed by atoms with Gasteiger partial charge in [-0.25, -0.2) is 13.1 Å². The number of carbonyl (C=O) groups is 1. The number of hydrazine groups is 1. The van der Waals surface area contributed by atoms with Crippen LogP contribution < -0.4 is 15.6 Å². The molecule has 1 aliphatic heterocycles. The second-order valence-corrected chi connectivity index (χ2v) is 8.40. The van der Waals surface area contributed by atoms with Gasteiger partial charge in [0.15, 0.2) is 0 Å². The molecule has 1 aliphatic rings. The van der Waals surface area contributed by atoms with Crippen LogP contribution in [0.25, 0.3) is 0 Å². The highest BCUT2D eigenvalue weighted by atomic mass is 32.2. The molecule has 1 atom stereocenters. The van der Waals surface area contributed by atoms with E-state index in [4.69, 9.17) is 4.74 Å². The van der Waals surface area contributed by atoms with Crippen molar-refractivity contribution >= 4 is 21.6 Å². The van der Waals surface area contributed by atoms with Crippen molar-refractivity contribution in [2.75, 3.05) is 18.6 Å². The molecule has 1 fully saturated rings. The quantitative estimate of drug-likeness (QED) is 0.572. The summed E-state index contributed by atoms with van der Waals surface area (Å²) in [6.07, 6.45) is -3.07. The molecular formula is C19H20F3N3O4S. The normalized spacial score (nSPS) is 17.0. The average Bonchev–Trinajstić information content (AvgIpc) is 3.24. The summed E-state index contributed by atoms with van der Waals surface area (Å²) < 4.78 is 71.5. The zero-order valence-corrected chi connectivity index (χ0v) is 16.5. The predicted octanol–water partition coefficient (Wildman–Crippen LogP) is 2.92. The third-order valence-electron chi connectivity index (χ3n) is 4.49. The van der Waals surface area contributed by atoms with E-state index in [1.165, 1.54) is 42.5 Å². The molecule has 11 heteroatoms. The first-order valence-electron chi connectivity index (χ1n) is 9.11. The maximum atomic E-state index is 13.0. The Balaban J connectivity index is 1.61. The van der Waals surface area contributed by atoms with Gasteiger partial charge in [-0.15, -0.1) is 0 Å². The van der Waals surface area contributed by atoms with Crippen molar-refractivity contribution in [3.05, 3.63) is 59.7 Å². The third-order valence-corrected chi connectivity index (χ3v) is 5.93. The lowest BCUT2D eigenvalue weighted by atomic mass is 10.2. The van der Waals surface area contributed by atoms with E-state index >= 15 is 0 Å². The summed E-state index contributed by atoms with van der Waals surface area (Å²) in [4.78, 5) is 12.2. The Kier molecular flexibility index (Phi) is 6.64. The zero-order chi connectivity index (χ0) is 21.8. The number of carbonyl (C=O) groups excluding carboxylic acids is 1. The van der Waals surface area contributed by atoms with Crippen molar-refractivity contribution in [3.8, 4) is 0 Å². The van der Waals surface area contributed by atoms with E-state index in [1.807, 2.05) is 0 Å². The Morgan fingerprint density at radius 2 is 1.80 bits per heavy atom. The number of amides is 1. The molecule has 1 heterocycles. The molecule has 0 aromatic heterocycles. The van der Waals surface area contributed by atoms with E-state index in [0.29, 0.717) is 6.61 Å². The number of sulfonamides is 1. The lowest BCUT2D eigenvalue weighted by Gasteiger charge is -2.15. The number of hydrogen-bond donors (Lipinski definition) is 3. The van der Waals surface area contributed by atoms with Crippen LogP contribution in [-0.4, -0.2) is 33.6 Å². The Morgan fingerprint density at radius 1 is 1.10 bits per heavy atom. The van der Waals surface area contributed by atoms with Crippen molar-refractivity contribution in [3.63, 3.8) is 0 Å². The van der Waals surface area contributed by atoms with Gasteiger partial charge in [0.05, 0.1) is 22.3 Å². The number of ether oxygens (including phenoxy) is 1. The van der Waals surface area contributed by atoms with Crippen LogP contribution in [0.15, 0.2) is 53.4 Å². The molecular weight excluding hydrogens is 423 g/mol. The van der Waals surface area contributed by atoms with Gasteiger partial charge in [-0.3, -0.25) is 15.6 Å². The predicted molar refractivity (Wildman–Crippen MR) is 103 cm³/mol. The molecule has 30 heavy (non-hydrogen) atoms. The first-order valence-corrected chi connectivity index (χ1v) is 10.6. The van der Waals surface area contributed by atoms with Crippen molar-refractivity contribution < 1.29 is 31.1 Å². The standard InChI is InChI=1S/C19H20F3N3O4S/c20-19(21,22)16-5-1-2-6-17(16)24-25-18(26)13-7-9-15(10-8-13)30(27,28)23-12-14-4-3-11-29-14/h1-2,5-10,14,23-24H,3-4,11-12H2,(H,25,26). The molecule has 1 saturated heterocycles. The molecule has 162 valence electrons. The molecule has 0 spiro atoms. The summed E-state index contributed by atoms with van der Waals surface area (Å²) in [6, 6.07) is 9.73. The van der Waals surface area contributed by atoms with Gasteiger partial charge in [0.2, 0.25) is 10.0 Å². The maximum absolute atomic E-state index is 13.0. The summed E-state index contributed by atoms with van der Waals surface area (Å²) in [5.74, 6) is -0.719. The van der Waals surface area contributed by atoms with E-state index in [0.717, 1.165) is 18.9 Å². The Labute approximate surface area is 171 Å². The molecule has 7 nitrogen and oxygen atoms in total. The minimum absolute atomic E-state index is 0.0348. The van der Waals surface area contributed by atoms with E-state index in [-0.39, 0.29) is 28.8 Å². The summed E-state index contributed by atoms with van der Waals surface area (Å²) in [5, 5.41) is 0. The second-order valence-electron chi connectivity index (χ2n) is 6.63. The van der Waals surface area contributed by atoms with Crippen LogP contribution in [0.1, 0.15) is 28.8 Å². The highest BCUT2D eigenvalue weighted by Gasteiger charge is 2.33. The largest absolute Gasteiger partial charge is 0.418 e. The number of alkyl halides is 3. The van der Waals surface area contributed by atoms with Crippen molar-refractivity contribution in [2.24, 2.45) is 0 Å². The van der Waals surface area contributed by atoms with Crippen molar-refractivity contribution in [1.29, 1.82) is 0 Å². The van der Waals surface area contributed by atoms with Gasteiger partial charge >= 0.3 is 6.18 Å². The third kappa shape index (κ3) is 5.49. The number of benzene rings is 2. The van der Waals surface area contributed by atoms with Gasteiger partial charge < -0.3 is 4.74 Å². The van der Waals surface area contributed by atoms with Gasteiger partial charge in [-0.1, -0.05) is 12.1 Å². The molecule has 2 aromatic carbocycles. The smallest absolute Gasteiger partial charge is 0.377 e. The molecule has 0 saturated carbocycles. The number of halogens is 3. The monoisotopic (exact) mass is 443 g/mol. The molecule has 0 radical (unpaired) electrons. The van der Waals surface area contributed by atoms with E-state index in [9.17, 15) is 26.4 Å². The van der Waals surface area contributed by atoms with Crippen LogP contribution in [0.4, 0.5) is 18.9 Å². The number of para-hydroxylation sites is 1. The van der Waals surface area contributed by atoms with Crippen LogP contribution in [0.5, 0.6) is 0 Å². The Bertz CT molecular complexity index is 989. The lowest BCUT2D eigenvalue weighted by Crippen LogP contribution is -2.32. The zero-order valence-electron chi connectivity index (χ0n) is 15.7. The molecule has 0 bridgehead atoms. The molecule has 3 N–H and O–H groups in total. The number of rotatable bonds is 7. The first-order chi connectivity index (χ1) is 14.2. The van der Waals surface area contributed by atoms with Gasteiger partial charge in [-0.2, -0.15) is 13.2 Å². The fraction of sp³-hybridized carbons (Fsp3) is 0.316. The minimum Gasteiger partial charge on any atom is -0.377 e. The molecule has 2 aromatic rings. The molecule has 3 rings (SSSR count). The average molecular weight is 443 g/mol. The van der Waals surface area contributed by atoms with Gasteiger partial charge in [0, 0.05) is 18.7 Å². The topological polar surface area (TPSA) is 96.5 Å². The SMILES string of the molecule is O=C(NNc1ccccc1C(F)(F)F)c1ccc(S(=O)(=O)NCC2CCCO2)cc1.